The molecule has 2 amide bonds. The summed E-state index contributed by atoms with van der Waals surface area (Å²) < 4.78 is 6.38. The van der Waals surface area contributed by atoms with Gasteiger partial charge in [0, 0.05) is 23.4 Å². The molecule has 0 aromatic heterocycles. The number of thiocarbonyl (C=S) groups is 1. The molecule has 0 aliphatic rings. The average molecular weight is 478 g/mol. The van der Waals surface area contributed by atoms with E-state index in [2.05, 4.69) is 38.8 Å². The normalized spacial score (nSPS) is 10.2. The van der Waals surface area contributed by atoms with Crippen LogP contribution >= 0.6 is 28.1 Å². The number of halogens is 1. The van der Waals surface area contributed by atoms with E-state index in [4.69, 9.17) is 17.0 Å². The number of amides is 2. The standard InChI is InChI=1S/C21H24BrN3O3S/c1-3-5-11-28-18-10-9-14(12-17(18)22)20(27)25-21(29)24-16-8-6-7-15(13-16)23-19(26)4-2/h6-10,12-13H,3-5,11H2,1-2H3,(H,23,26)(H2,24,25,27,29). The first-order valence-corrected chi connectivity index (χ1v) is 10.6. The molecule has 2 aromatic rings. The zero-order valence-corrected chi connectivity index (χ0v) is 18.8. The van der Waals surface area contributed by atoms with Gasteiger partial charge in [0.15, 0.2) is 5.11 Å². The monoisotopic (exact) mass is 477 g/mol. The van der Waals surface area contributed by atoms with Gasteiger partial charge in [-0.2, -0.15) is 0 Å². The number of hydrogen-bond donors (Lipinski definition) is 3. The van der Waals surface area contributed by atoms with Gasteiger partial charge in [-0.25, -0.2) is 0 Å². The van der Waals surface area contributed by atoms with Gasteiger partial charge in [0.25, 0.3) is 5.91 Å². The van der Waals surface area contributed by atoms with E-state index in [1.165, 1.54) is 0 Å². The van der Waals surface area contributed by atoms with E-state index in [0.29, 0.717) is 40.2 Å². The Morgan fingerprint density at radius 1 is 1.07 bits per heavy atom. The van der Waals surface area contributed by atoms with Gasteiger partial charge in [0.05, 0.1) is 11.1 Å². The average Bonchev–Trinajstić information content (AvgIpc) is 2.69. The summed E-state index contributed by atoms with van der Waals surface area (Å²) in [6.45, 7) is 4.51. The van der Waals surface area contributed by atoms with Gasteiger partial charge in [0.2, 0.25) is 5.91 Å². The molecule has 0 bridgehead atoms. The van der Waals surface area contributed by atoms with Crippen LogP contribution in [0.15, 0.2) is 46.9 Å². The van der Waals surface area contributed by atoms with Crippen LogP contribution in [-0.2, 0) is 4.79 Å². The summed E-state index contributed by atoms with van der Waals surface area (Å²) in [7, 11) is 0. The van der Waals surface area contributed by atoms with E-state index in [0.717, 1.165) is 12.8 Å². The highest BCUT2D eigenvalue weighted by Crippen LogP contribution is 2.26. The summed E-state index contributed by atoms with van der Waals surface area (Å²) in [5.41, 5.74) is 1.76. The molecule has 2 rings (SSSR count). The molecule has 0 radical (unpaired) electrons. The van der Waals surface area contributed by atoms with Crippen LogP contribution in [0.25, 0.3) is 0 Å². The smallest absolute Gasteiger partial charge is 0.257 e. The minimum atomic E-state index is -0.334. The van der Waals surface area contributed by atoms with Crippen molar-refractivity contribution < 1.29 is 14.3 Å². The number of benzene rings is 2. The second-order valence-corrected chi connectivity index (χ2v) is 7.50. The SMILES string of the molecule is CCCCOc1ccc(C(=O)NC(=S)Nc2cccc(NC(=O)CC)c2)cc1Br. The lowest BCUT2D eigenvalue weighted by molar-refractivity contribution is -0.115. The highest BCUT2D eigenvalue weighted by atomic mass is 79.9. The van der Waals surface area contributed by atoms with Gasteiger partial charge in [-0.05, 0) is 71.0 Å². The van der Waals surface area contributed by atoms with E-state index in [1.807, 2.05) is 0 Å². The molecule has 0 aliphatic carbocycles. The first kappa shape index (κ1) is 22.8. The lowest BCUT2D eigenvalue weighted by Crippen LogP contribution is -2.34. The molecular formula is C21H24BrN3O3S. The number of rotatable bonds is 8. The Balaban J connectivity index is 1.95. The van der Waals surface area contributed by atoms with Gasteiger partial charge >= 0.3 is 0 Å². The van der Waals surface area contributed by atoms with Crippen LogP contribution in [0.3, 0.4) is 0 Å². The van der Waals surface area contributed by atoms with E-state index >= 15 is 0 Å². The van der Waals surface area contributed by atoms with Crippen molar-refractivity contribution in [1.29, 1.82) is 0 Å². The Hall–Kier alpha value is -2.45. The maximum Gasteiger partial charge on any atom is 0.257 e. The zero-order chi connectivity index (χ0) is 21.2. The molecule has 0 heterocycles. The molecule has 0 spiro atoms. The van der Waals surface area contributed by atoms with Crippen molar-refractivity contribution in [1.82, 2.24) is 5.32 Å². The molecular weight excluding hydrogens is 454 g/mol. The Morgan fingerprint density at radius 2 is 1.79 bits per heavy atom. The largest absolute Gasteiger partial charge is 0.492 e. The third-order valence-corrected chi connectivity index (χ3v) is 4.73. The van der Waals surface area contributed by atoms with E-state index < -0.39 is 0 Å². The number of nitrogens with one attached hydrogen (secondary N) is 3. The first-order valence-electron chi connectivity index (χ1n) is 9.37. The molecule has 0 saturated heterocycles. The molecule has 6 nitrogen and oxygen atoms in total. The van der Waals surface area contributed by atoms with Crippen molar-refractivity contribution in [3.63, 3.8) is 0 Å². The Labute approximate surface area is 184 Å². The van der Waals surface area contributed by atoms with Crippen LogP contribution in [0.4, 0.5) is 11.4 Å². The number of carbonyl (C=O) groups excluding carboxylic acids is 2. The predicted octanol–water partition coefficient (Wildman–Crippen LogP) is 5.10. The fourth-order valence-electron chi connectivity index (χ4n) is 2.35. The molecule has 0 fully saturated rings. The first-order chi connectivity index (χ1) is 13.9. The molecule has 0 unspecified atom stereocenters. The van der Waals surface area contributed by atoms with Crippen molar-refractivity contribution in [2.75, 3.05) is 17.2 Å². The molecule has 2 aromatic carbocycles. The van der Waals surface area contributed by atoms with Crippen molar-refractivity contribution in [3.05, 3.63) is 52.5 Å². The summed E-state index contributed by atoms with van der Waals surface area (Å²) in [5.74, 6) is 0.283. The van der Waals surface area contributed by atoms with E-state index in [-0.39, 0.29) is 16.9 Å². The summed E-state index contributed by atoms with van der Waals surface area (Å²) in [6.07, 6.45) is 2.42. The van der Waals surface area contributed by atoms with Crippen LogP contribution in [0.5, 0.6) is 5.75 Å². The Kier molecular flexibility index (Phi) is 9.08. The van der Waals surface area contributed by atoms with Crippen LogP contribution in [-0.4, -0.2) is 23.5 Å². The van der Waals surface area contributed by atoms with Crippen LogP contribution < -0.4 is 20.7 Å². The number of carbonyl (C=O) groups is 2. The molecule has 3 N–H and O–H groups in total. The number of hydrogen-bond acceptors (Lipinski definition) is 4. The van der Waals surface area contributed by atoms with Gasteiger partial charge in [-0.15, -0.1) is 0 Å². The summed E-state index contributed by atoms with van der Waals surface area (Å²) in [6, 6.07) is 12.2. The highest BCUT2D eigenvalue weighted by Gasteiger charge is 2.11. The lowest BCUT2D eigenvalue weighted by Gasteiger charge is -2.12. The maximum atomic E-state index is 12.5. The molecule has 154 valence electrons. The second-order valence-electron chi connectivity index (χ2n) is 6.24. The summed E-state index contributed by atoms with van der Waals surface area (Å²) in [5, 5.41) is 8.53. The number of ether oxygens (including phenoxy) is 1. The van der Waals surface area contributed by atoms with Crippen molar-refractivity contribution in [3.8, 4) is 5.75 Å². The topological polar surface area (TPSA) is 79.5 Å². The third-order valence-electron chi connectivity index (χ3n) is 3.90. The fourth-order valence-corrected chi connectivity index (χ4v) is 3.05. The van der Waals surface area contributed by atoms with Crippen molar-refractivity contribution in [2.24, 2.45) is 0 Å². The number of anilines is 2. The summed E-state index contributed by atoms with van der Waals surface area (Å²) in [4.78, 5) is 24.0. The molecule has 0 saturated carbocycles. The zero-order valence-electron chi connectivity index (χ0n) is 16.4. The fraction of sp³-hybridized carbons (Fsp3) is 0.286. The maximum absolute atomic E-state index is 12.5. The van der Waals surface area contributed by atoms with E-state index in [9.17, 15) is 9.59 Å². The number of unbranched alkanes of at least 4 members (excludes halogenated alkanes) is 1. The van der Waals surface area contributed by atoms with E-state index in [1.54, 1.807) is 49.4 Å². The minimum Gasteiger partial charge on any atom is -0.492 e. The van der Waals surface area contributed by atoms with Gasteiger partial charge in [-0.3, -0.25) is 14.9 Å². The second kappa shape index (κ2) is 11.5. The summed E-state index contributed by atoms with van der Waals surface area (Å²) >= 11 is 8.66. The van der Waals surface area contributed by atoms with Crippen LogP contribution in [0.1, 0.15) is 43.5 Å². The highest BCUT2D eigenvalue weighted by molar-refractivity contribution is 9.10. The van der Waals surface area contributed by atoms with Crippen LogP contribution in [0.2, 0.25) is 0 Å². The van der Waals surface area contributed by atoms with Gasteiger partial charge in [-0.1, -0.05) is 26.3 Å². The minimum absolute atomic E-state index is 0.0780. The molecule has 29 heavy (non-hydrogen) atoms. The third kappa shape index (κ3) is 7.47. The molecule has 8 heteroatoms. The van der Waals surface area contributed by atoms with Crippen molar-refractivity contribution in [2.45, 2.75) is 33.1 Å². The quantitative estimate of drug-likeness (QED) is 0.363. The van der Waals surface area contributed by atoms with Gasteiger partial charge in [0.1, 0.15) is 5.75 Å². The van der Waals surface area contributed by atoms with Crippen molar-refractivity contribution >= 4 is 56.4 Å². The van der Waals surface area contributed by atoms with Crippen LogP contribution in [0, 0.1) is 0 Å². The molecule has 0 atom stereocenters. The lowest BCUT2D eigenvalue weighted by atomic mass is 10.2. The molecule has 0 aliphatic heterocycles. The Bertz CT molecular complexity index is 889. The Morgan fingerprint density at radius 3 is 2.45 bits per heavy atom. The predicted molar refractivity (Wildman–Crippen MR) is 124 cm³/mol. The van der Waals surface area contributed by atoms with Gasteiger partial charge < -0.3 is 15.4 Å².